The number of nitrogens with zero attached hydrogens (tertiary/aromatic N) is 7. The SMILES string of the molecule is Cc1cnc2c(NCCCN3CCOCC3)nc(-c3ccc(N4CCN(C)CC4)cc3)nc2n1. The summed E-state index contributed by atoms with van der Waals surface area (Å²) in [5, 5.41) is 3.50. The van der Waals surface area contributed by atoms with Gasteiger partial charge in [0.25, 0.3) is 0 Å². The van der Waals surface area contributed by atoms with E-state index in [2.05, 4.69) is 61.3 Å². The number of benzene rings is 1. The van der Waals surface area contributed by atoms with Gasteiger partial charge < -0.3 is 19.9 Å². The van der Waals surface area contributed by atoms with Crippen LogP contribution in [0, 0.1) is 6.92 Å². The molecule has 3 aromatic rings. The van der Waals surface area contributed by atoms with Gasteiger partial charge in [-0.15, -0.1) is 0 Å². The number of likely N-dealkylation sites (N-methyl/N-ethyl adjacent to an activating group) is 1. The van der Waals surface area contributed by atoms with Crippen molar-refractivity contribution >= 4 is 22.7 Å². The third-order valence-electron chi connectivity index (χ3n) is 6.57. The van der Waals surface area contributed by atoms with Gasteiger partial charge in [0.2, 0.25) is 0 Å². The average molecular weight is 463 g/mol. The zero-order chi connectivity index (χ0) is 23.3. The number of aryl methyl sites for hydroxylation is 1. The Kier molecular flexibility index (Phi) is 7.13. The third-order valence-corrected chi connectivity index (χ3v) is 6.57. The molecule has 2 aromatic heterocycles. The molecule has 4 heterocycles. The number of piperazine rings is 1. The molecule has 0 bridgehead atoms. The fraction of sp³-hybridized carbons (Fsp3) is 0.520. The van der Waals surface area contributed by atoms with Gasteiger partial charge in [0, 0.05) is 63.3 Å². The van der Waals surface area contributed by atoms with E-state index in [4.69, 9.17) is 14.7 Å². The summed E-state index contributed by atoms with van der Waals surface area (Å²) in [6, 6.07) is 8.57. The normalized spacial score (nSPS) is 17.9. The highest BCUT2D eigenvalue weighted by molar-refractivity contribution is 5.84. The van der Waals surface area contributed by atoms with Crippen LogP contribution in [0.4, 0.5) is 11.5 Å². The molecule has 2 saturated heterocycles. The largest absolute Gasteiger partial charge is 0.379 e. The number of rotatable bonds is 7. The zero-order valence-electron chi connectivity index (χ0n) is 20.2. The molecule has 2 aliphatic rings. The van der Waals surface area contributed by atoms with Gasteiger partial charge in [0.15, 0.2) is 17.3 Å². The maximum Gasteiger partial charge on any atom is 0.184 e. The molecule has 180 valence electrons. The van der Waals surface area contributed by atoms with E-state index in [0.29, 0.717) is 11.5 Å². The summed E-state index contributed by atoms with van der Waals surface area (Å²) < 4.78 is 5.44. The third kappa shape index (κ3) is 5.43. The Morgan fingerprint density at radius 2 is 1.71 bits per heavy atom. The molecule has 0 atom stereocenters. The molecular weight excluding hydrogens is 428 g/mol. The van der Waals surface area contributed by atoms with Crippen molar-refractivity contribution in [1.29, 1.82) is 0 Å². The summed E-state index contributed by atoms with van der Waals surface area (Å²) in [5.74, 6) is 1.42. The van der Waals surface area contributed by atoms with Crippen LogP contribution in [-0.2, 0) is 4.74 Å². The molecule has 1 aromatic carbocycles. The minimum Gasteiger partial charge on any atom is -0.379 e. The van der Waals surface area contributed by atoms with E-state index in [-0.39, 0.29) is 0 Å². The lowest BCUT2D eigenvalue weighted by Gasteiger charge is -2.34. The molecule has 5 rings (SSSR count). The van der Waals surface area contributed by atoms with Crippen LogP contribution in [0.15, 0.2) is 30.5 Å². The number of aromatic nitrogens is 4. The van der Waals surface area contributed by atoms with E-state index in [1.807, 2.05) is 6.92 Å². The van der Waals surface area contributed by atoms with E-state index < -0.39 is 0 Å². The first-order chi connectivity index (χ1) is 16.7. The monoisotopic (exact) mass is 462 g/mol. The molecule has 0 aliphatic carbocycles. The van der Waals surface area contributed by atoms with Gasteiger partial charge in [-0.25, -0.2) is 19.9 Å². The van der Waals surface area contributed by atoms with Gasteiger partial charge >= 0.3 is 0 Å². The minimum absolute atomic E-state index is 0.629. The van der Waals surface area contributed by atoms with Gasteiger partial charge in [0.1, 0.15) is 5.52 Å². The molecule has 0 amide bonds. The lowest BCUT2D eigenvalue weighted by molar-refractivity contribution is 0.0378. The fourth-order valence-electron chi connectivity index (χ4n) is 4.47. The fourth-order valence-corrected chi connectivity index (χ4v) is 4.47. The molecule has 34 heavy (non-hydrogen) atoms. The maximum atomic E-state index is 5.44. The van der Waals surface area contributed by atoms with Crippen molar-refractivity contribution < 1.29 is 4.74 Å². The number of nitrogens with one attached hydrogen (secondary N) is 1. The topological polar surface area (TPSA) is 82.5 Å². The van der Waals surface area contributed by atoms with Gasteiger partial charge in [-0.3, -0.25) is 4.90 Å². The van der Waals surface area contributed by atoms with E-state index in [9.17, 15) is 0 Å². The van der Waals surface area contributed by atoms with Crippen LogP contribution in [0.5, 0.6) is 0 Å². The minimum atomic E-state index is 0.629. The van der Waals surface area contributed by atoms with Gasteiger partial charge in [0.05, 0.1) is 18.9 Å². The van der Waals surface area contributed by atoms with Crippen LogP contribution < -0.4 is 10.2 Å². The molecule has 0 saturated carbocycles. The summed E-state index contributed by atoms with van der Waals surface area (Å²) in [6.07, 6.45) is 2.80. The summed E-state index contributed by atoms with van der Waals surface area (Å²) in [5.41, 5.74) is 4.42. The van der Waals surface area contributed by atoms with Crippen molar-refractivity contribution in [2.24, 2.45) is 0 Å². The van der Waals surface area contributed by atoms with Crippen molar-refractivity contribution in [2.75, 3.05) is 82.8 Å². The number of hydrogen-bond donors (Lipinski definition) is 1. The Hall–Kier alpha value is -2.88. The molecule has 9 nitrogen and oxygen atoms in total. The summed E-state index contributed by atoms with van der Waals surface area (Å²) in [4.78, 5) is 26.1. The van der Waals surface area contributed by atoms with E-state index >= 15 is 0 Å². The number of hydrogen-bond acceptors (Lipinski definition) is 9. The summed E-state index contributed by atoms with van der Waals surface area (Å²) in [6.45, 7) is 11.8. The van der Waals surface area contributed by atoms with Crippen molar-refractivity contribution in [2.45, 2.75) is 13.3 Å². The first kappa shape index (κ1) is 22.9. The number of morpholine rings is 1. The van der Waals surface area contributed by atoms with E-state index in [0.717, 1.165) is 94.6 Å². The van der Waals surface area contributed by atoms with Gasteiger partial charge in [-0.1, -0.05) is 0 Å². The highest BCUT2D eigenvalue weighted by atomic mass is 16.5. The highest BCUT2D eigenvalue weighted by Gasteiger charge is 2.16. The predicted octanol–water partition coefficient (Wildman–Crippen LogP) is 2.28. The van der Waals surface area contributed by atoms with Crippen LogP contribution in [0.3, 0.4) is 0 Å². The highest BCUT2D eigenvalue weighted by Crippen LogP contribution is 2.25. The van der Waals surface area contributed by atoms with Crippen LogP contribution in [0.25, 0.3) is 22.6 Å². The van der Waals surface area contributed by atoms with Crippen LogP contribution >= 0.6 is 0 Å². The van der Waals surface area contributed by atoms with Crippen molar-refractivity contribution in [1.82, 2.24) is 29.7 Å². The quantitative estimate of drug-likeness (QED) is 0.532. The van der Waals surface area contributed by atoms with Crippen molar-refractivity contribution in [3.8, 4) is 11.4 Å². The van der Waals surface area contributed by atoms with Crippen LogP contribution in [0.2, 0.25) is 0 Å². The number of anilines is 2. The second-order valence-corrected chi connectivity index (χ2v) is 9.15. The van der Waals surface area contributed by atoms with Crippen LogP contribution in [-0.4, -0.2) is 102 Å². The first-order valence-corrected chi connectivity index (χ1v) is 12.2. The Morgan fingerprint density at radius 1 is 0.941 bits per heavy atom. The van der Waals surface area contributed by atoms with Gasteiger partial charge in [-0.2, -0.15) is 0 Å². The Bertz CT molecular complexity index is 1090. The molecule has 0 spiro atoms. The van der Waals surface area contributed by atoms with Crippen LogP contribution in [0.1, 0.15) is 12.1 Å². The maximum absolute atomic E-state index is 5.44. The van der Waals surface area contributed by atoms with E-state index in [1.165, 1.54) is 5.69 Å². The predicted molar refractivity (Wildman–Crippen MR) is 135 cm³/mol. The Balaban J connectivity index is 1.32. The molecular formula is C25H34N8O. The molecule has 2 aliphatic heterocycles. The van der Waals surface area contributed by atoms with E-state index in [1.54, 1.807) is 6.20 Å². The second kappa shape index (κ2) is 10.6. The Morgan fingerprint density at radius 3 is 2.47 bits per heavy atom. The lowest BCUT2D eigenvalue weighted by Crippen LogP contribution is -2.44. The van der Waals surface area contributed by atoms with Crippen molar-refractivity contribution in [3.63, 3.8) is 0 Å². The average Bonchev–Trinajstić information content (AvgIpc) is 2.87. The zero-order valence-corrected chi connectivity index (χ0v) is 20.2. The number of fused-ring (bicyclic) bond motifs is 1. The number of ether oxygens (including phenoxy) is 1. The standard InChI is InChI=1S/C25H34N8O/c1-19-18-27-22-24(26-8-3-9-32-14-16-34-17-15-32)29-23(30-25(22)28-19)20-4-6-21(7-5-20)33-12-10-31(2)11-13-33/h4-7,18H,3,8-17H2,1-2H3,(H,26,28,29,30). The lowest BCUT2D eigenvalue weighted by atomic mass is 10.1. The van der Waals surface area contributed by atoms with Crippen molar-refractivity contribution in [3.05, 3.63) is 36.2 Å². The molecule has 2 fully saturated rings. The molecule has 0 radical (unpaired) electrons. The second-order valence-electron chi connectivity index (χ2n) is 9.15. The smallest absolute Gasteiger partial charge is 0.184 e. The van der Waals surface area contributed by atoms with Gasteiger partial charge in [-0.05, 0) is 51.2 Å². The molecule has 9 heteroatoms. The summed E-state index contributed by atoms with van der Waals surface area (Å²) in [7, 11) is 2.18. The molecule has 1 N–H and O–H groups in total. The Labute approximate surface area is 201 Å². The first-order valence-electron chi connectivity index (χ1n) is 12.2. The molecule has 0 unspecified atom stereocenters. The summed E-state index contributed by atoms with van der Waals surface area (Å²) >= 11 is 0.